The third-order valence-electron chi connectivity index (χ3n) is 4.64. The first-order valence-corrected chi connectivity index (χ1v) is 9.37. The zero-order valence-electron chi connectivity index (χ0n) is 14.8. The molecular formula is C20H20ClN5O. The highest BCUT2D eigenvalue weighted by atomic mass is 35.5. The van der Waals surface area contributed by atoms with Crippen LogP contribution in [0.4, 0.5) is 11.5 Å². The SMILES string of the molecule is O=c1c(Cl)c(NCc2ccc(N3CCCC3)nc2)cnn1-c1ccccc1. The van der Waals surface area contributed by atoms with Gasteiger partial charge in [-0.2, -0.15) is 9.78 Å². The molecule has 0 saturated carbocycles. The Bertz CT molecular complexity index is 966. The molecule has 0 aliphatic carbocycles. The first-order valence-electron chi connectivity index (χ1n) is 8.99. The molecule has 1 saturated heterocycles. The molecule has 3 heterocycles. The minimum Gasteiger partial charge on any atom is -0.378 e. The van der Waals surface area contributed by atoms with E-state index in [4.69, 9.17) is 11.6 Å². The number of anilines is 2. The van der Waals surface area contributed by atoms with E-state index in [0.29, 0.717) is 17.9 Å². The van der Waals surface area contributed by atoms with E-state index >= 15 is 0 Å². The number of pyridine rings is 1. The summed E-state index contributed by atoms with van der Waals surface area (Å²) < 4.78 is 1.29. The van der Waals surface area contributed by atoms with Gasteiger partial charge in [0.1, 0.15) is 10.8 Å². The predicted molar refractivity (Wildman–Crippen MR) is 108 cm³/mol. The van der Waals surface area contributed by atoms with Gasteiger partial charge in [0.2, 0.25) is 0 Å². The number of rotatable bonds is 5. The van der Waals surface area contributed by atoms with Crippen molar-refractivity contribution in [2.75, 3.05) is 23.3 Å². The van der Waals surface area contributed by atoms with Crippen molar-refractivity contribution in [2.24, 2.45) is 0 Å². The zero-order valence-corrected chi connectivity index (χ0v) is 15.6. The number of benzene rings is 1. The average molecular weight is 382 g/mol. The van der Waals surface area contributed by atoms with Crippen LogP contribution in [0.2, 0.25) is 5.02 Å². The van der Waals surface area contributed by atoms with Crippen molar-refractivity contribution in [1.82, 2.24) is 14.8 Å². The van der Waals surface area contributed by atoms with Crippen LogP contribution in [0.5, 0.6) is 0 Å². The Morgan fingerprint density at radius 3 is 2.52 bits per heavy atom. The first-order chi connectivity index (χ1) is 13.2. The highest BCUT2D eigenvalue weighted by molar-refractivity contribution is 6.32. The lowest BCUT2D eigenvalue weighted by Crippen LogP contribution is -2.22. The van der Waals surface area contributed by atoms with Crippen molar-refractivity contribution >= 4 is 23.1 Å². The van der Waals surface area contributed by atoms with Crippen LogP contribution in [0, 0.1) is 0 Å². The lowest BCUT2D eigenvalue weighted by atomic mass is 10.2. The van der Waals surface area contributed by atoms with Gasteiger partial charge in [0, 0.05) is 25.8 Å². The van der Waals surface area contributed by atoms with Crippen molar-refractivity contribution in [3.05, 3.63) is 75.8 Å². The van der Waals surface area contributed by atoms with Crippen molar-refractivity contribution in [3.63, 3.8) is 0 Å². The summed E-state index contributed by atoms with van der Waals surface area (Å²) in [6.07, 6.45) is 5.88. The maximum Gasteiger partial charge on any atom is 0.292 e. The summed E-state index contributed by atoms with van der Waals surface area (Å²) in [7, 11) is 0. The van der Waals surface area contributed by atoms with Crippen molar-refractivity contribution in [3.8, 4) is 5.69 Å². The van der Waals surface area contributed by atoms with E-state index in [-0.39, 0.29) is 10.6 Å². The van der Waals surface area contributed by atoms with Crippen LogP contribution in [-0.2, 0) is 6.54 Å². The molecule has 1 aliphatic heterocycles. The van der Waals surface area contributed by atoms with Gasteiger partial charge in [-0.05, 0) is 36.6 Å². The highest BCUT2D eigenvalue weighted by Crippen LogP contribution is 2.20. The number of halogens is 1. The van der Waals surface area contributed by atoms with Gasteiger partial charge < -0.3 is 10.2 Å². The normalized spacial score (nSPS) is 13.7. The lowest BCUT2D eigenvalue weighted by Gasteiger charge is -2.16. The summed E-state index contributed by atoms with van der Waals surface area (Å²) in [5.74, 6) is 1.02. The summed E-state index contributed by atoms with van der Waals surface area (Å²) >= 11 is 6.27. The smallest absolute Gasteiger partial charge is 0.292 e. The maximum atomic E-state index is 12.5. The van der Waals surface area contributed by atoms with Crippen LogP contribution < -0.4 is 15.8 Å². The summed E-state index contributed by atoms with van der Waals surface area (Å²) in [4.78, 5) is 19.3. The number of nitrogens with zero attached hydrogens (tertiary/aromatic N) is 4. The number of hydrogen-bond donors (Lipinski definition) is 1. The van der Waals surface area contributed by atoms with Gasteiger partial charge in [-0.25, -0.2) is 4.98 Å². The Kier molecular flexibility index (Phi) is 5.07. The Hall–Kier alpha value is -2.86. The molecule has 27 heavy (non-hydrogen) atoms. The third-order valence-corrected chi connectivity index (χ3v) is 5.01. The van der Waals surface area contributed by atoms with Crippen LogP contribution in [0.1, 0.15) is 18.4 Å². The minimum absolute atomic E-state index is 0.121. The standard InChI is InChI=1S/C20H20ClN5O/c21-19-17(14-24-26(20(19)27)16-6-2-1-3-7-16)22-12-15-8-9-18(23-13-15)25-10-4-5-11-25/h1-3,6-9,13-14,22H,4-5,10-12H2. The van der Waals surface area contributed by atoms with E-state index in [1.807, 2.05) is 48.7 Å². The van der Waals surface area contributed by atoms with E-state index in [1.165, 1.54) is 17.5 Å². The molecule has 1 N–H and O–H groups in total. The number of nitrogens with one attached hydrogen (secondary N) is 1. The van der Waals surface area contributed by atoms with E-state index in [2.05, 4.69) is 20.3 Å². The van der Waals surface area contributed by atoms with Gasteiger partial charge >= 0.3 is 0 Å². The molecule has 1 aliphatic rings. The lowest BCUT2D eigenvalue weighted by molar-refractivity contribution is 0.807. The van der Waals surface area contributed by atoms with Gasteiger partial charge in [-0.15, -0.1) is 0 Å². The van der Waals surface area contributed by atoms with Crippen molar-refractivity contribution in [2.45, 2.75) is 19.4 Å². The van der Waals surface area contributed by atoms with Gasteiger partial charge in [-0.3, -0.25) is 4.79 Å². The fraction of sp³-hybridized carbons (Fsp3) is 0.250. The molecule has 7 heteroatoms. The summed E-state index contributed by atoms with van der Waals surface area (Å²) in [5.41, 5.74) is 1.85. The zero-order chi connectivity index (χ0) is 18.6. The van der Waals surface area contributed by atoms with Crippen LogP contribution in [0.25, 0.3) is 5.69 Å². The summed E-state index contributed by atoms with van der Waals surface area (Å²) in [6.45, 7) is 2.66. The topological polar surface area (TPSA) is 63.1 Å². The molecule has 0 atom stereocenters. The van der Waals surface area contributed by atoms with Crippen LogP contribution in [0.15, 0.2) is 59.7 Å². The Morgan fingerprint density at radius 1 is 1.04 bits per heavy atom. The molecule has 1 fully saturated rings. The molecule has 0 bridgehead atoms. The fourth-order valence-corrected chi connectivity index (χ4v) is 3.36. The molecule has 4 rings (SSSR count). The summed E-state index contributed by atoms with van der Waals surface area (Å²) in [5, 5.41) is 7.52. The Morgan fingerprint density at radius 2 is 1.81 bits per heavy atom. The Balaban J connectivity index is 1.47. The van der Waals surface area contributed by atoms with E-state index in [0.717, 1.165) is 24.5 Å². The second-order valence-electron chi connectivity index (χ2n) is 6.50. The second-order valence-corrected chi connectivity index (χ2v) is 6.88. The molecular weight excluding hydrogens is 362 g/mol. The molecule has 2 aromatic heterocycles. The fourth-order valence-electron chi connectivity index (χ4n) is 3.16. The largest absolute Gasteiger partial charge is 0.378 e. The van der Waals surface area contributed by atoms with Crippen molar-refractivity contribution in [1.29, 1.82) is 0 Å². The van der Waals surface area contributed by atoms with E-state index in [1.54, 1.807) is 6.20 Å². The number of para-hydroxylation sites is 1. The van der Waals surface area contributed by atoms with Crippen LogP contribution in [-0.4, -0.2) is 27.9 Å². The first kappa shape index (κ1) is 17.5. The average Bonchev–Trinajstić information content (AvgIpc) is 3.25. The molecule has 0 spiro atoms. The third kappa shape index (κ3) is 3.80. The Labute approximate surface area is 162 Å². The second kappa shape index (κ2) is 7.80. The van der Waals surface area contributed by atoms with Gasteiger partial charge in [0.15, 0.2) is 0 Å². The summed E-state index contributed by atoms with van der Waals surface area (Å²) in [6, 6.07) is 13.3. The monoisotopic (exact) mass is 381 g/mol. The molecule has 6 nitrogen and oxygen atoms in total. The van der Waals surface area contributed by atoms with E-state index < -0.39 is 0 Å². The van der Waals surface area contributed by atoms with Gasteiger partial charge in [0.05, 0.1) is 17.6 Å². The molecule has 0 amide bonds. The number of hydrogen-bond acceptors (Lipinski definition) is 5. The highest BCUT2D eigenvalue weighted by Gasteiger charge is 2.13. The van der Waals surface area contributed by atoms with Gasteiger partial charge in [0.25, 0.3) is 5.56 Å². The minimum atomic E-state index is -0.352. The van der Waals surface area contributed by atoms with Gasteiger partial charge in [-0.1, -0.05) is 35.9 Å². The molecule has 0 unspecified atom stereocenters. The predicted octanol–water partition coefficient (Wildman–Crippen LogP) is 3.49. The quantitative estimate of drug-likeness (QED) is 0.733. The molecule has 1 aromatic carbocycles. The number of aromatic nitrogens is 3. The molecule has 0 radical (unpaired) electrons. The van der Waals surface area contributed by atoms with Crippen molar-refractivity contribution < 1.29 is 0 Å². The maximum absolute atomic E-state index is 12.5. The molecule has 138 valence electrons. The van der Waals surface area contributed by atoms with Crippen LogP contribution in [0.3, 0.4) is 0 Å². The molecule has 3 aromatic rings. The van der Waals surface area contributed by atoms with Crippen LogP contribution >= 0.6 is 11.6 Å². The van der Waals surface area contributed by atoms with E-state index in [9.17, 15) is 4.79 Å².